The van der Waals surface area contributed by atoms with Crippen LogP contribution in [0, 0.1) is 5.92 Å². The molecule has 8 nitrogen and oxygen atoms in total. The van der Waals surface area contributed by atoms with E-state index < -0.39 is 0 Å². The van der Waals surface area contributed by atoms with Crippen LogP contribution in [-0.2, 0) is 17.8 Å². The monoisotopic (exact) mass is 456 g/mol. The number of H-pyrrole nitrogens is 1. The zero-order valence-electron chi connectivity index (χ0n) is 18.7. The molecule has 0 spiro atoms. The predicted molar refractivity (Wildman–Crippen MR) is 127 cm³/mol. The van der Waals surface area contributed by atoms with Crippen molar-refractivity contribution in [3.63, 3.8) is 0 Å². The second-order valence-corrected chi connectivity index (χ2v) is 8.02. The number of anilines is 1. The van der Waals surface area contributed by atoms with Gasteiger partial charge in [0.2, 0.25) is 5.91 Å². The zero-order valence-corrected chi connectivity index (χ0v) is 18.7. The first-order valence-electron chi connectivity index (χ1n) is 10.9. The SMILES string of the molecule is COc1ccc2c(c1)C[C@@H](C(=O)Nc1ccc(-c3cn[nH]c3)cc1OCc1cccnc1)CO2. The summed E-state index contributed by atoms with van der Waals surface area (Å²) in [6.07, 6.45) is 7.59. The van der Waals surface area contributed by atoms with Crippen LogP contribution in [0.15, 0.2) is 73.3 Å². The molecule has 4 aromatic rings. The number of ether oxygens (including phenoxy) is 3. The molecule has 1 atom stereocenters. The largest absolute Gasteiger partial charge is 0.497 e. The second kappa shape index (κ2) is 9.66. The maximum atomic E-state index is 13.2. The third kappa shape index (κ3) is 4.71. The summed E-state index contributed by atoms with van der Waals surface area (Å²) in [5, 5.41) is 9.87. The highest BCUT2D eigenvalue weighted by Gasteiger charge is 2.27. The highest BCUT2D eigenvalue weighted by Crippen LogP contribution is 2.34. The Kier molecular flexibility index (Phi) is 6.11. The van der Waals surface area contributed by atoms with Gasteiger partial charge in [0.25, 0.3) is 0 Å². The van der Waals surface area contributed by atoms with E-state index in [1.165, 1.54) is 0 Å². The molecule has 1 aliphatic rings. The van der Waals surface area contributed by atoms with Gasteiger partial charge < -0.3 is 19.5 Å². The van der Waals surface area contributed by atoms with E-state index in [2.05, 4.69) is 20.5 Å². The van der Waals surface area contributed by atoms with Gasteiger partial charge in [-0.2, -0.15) is 5.10 Å². The average molecular weight is 457 g/mol. The number of aromatic nitrogens is 3. The molecule has 1 amide bonds. The van der Waals surface area contributed by atoms with Crippen LogP contribution < -0.4 is 19.5 Å². The standard InChI is InChI=1S/C26H24N4O4/c1-32-22-5-7-24-19(10-22)9-20(16-34-24)26(31)30-23-6-4-18(21-13-28-29-14-21)11-25(23)33-15-17-3-2-8-27-12-17/h2-8,10-14,20H,9,15-16H2,1H3,(H,28,29)(H,30,31)/t20-/m1/s1. The van der Waals surface area contributed by atoms with Crippen LogP contribution in [0.5, 0.6) is 17.2 Å². The van der Waals surface area contributed by atoms with Crippen molar-refractivity contribution < 1.29 is 19.0 Å². The van der Waals surface area contributed by atoms with Crippen molar-refractivity contribution in [2.24, 2.45) is 5.92 Å². The predicted octanol–water partition coefficient (Wildman–Crippen LogP) is 4.25. The lowest BCUT2D eigenvalue weighted by molar-refractivity contribution is -0.121. The number of fused-ring (bicyclic) bond motifs is 1. The minimum atomic E-state index is -0.334. The van der Waals surface area contributed by atoms with Crippen LogP contribution >= 0.6 is 0 Å². The molecule has 0 saturated carbocycles. The topological polar surface area (TPSA) is 98.4 Å². The van der Waals surface area contributed by atoms with Crippen LogP contribution in [-0.4, -0.2) is 34.8 Å². The minimum absolute atomic E-state index is 0.129. The summed E-state index contributed by atoms with van der Waals surface area (Å²) in [7, 11) is 1.62. The number of hydrogen-bond donors (Lipinski definition) is 2. The Bertz CT molecular complexity index is 1280. The van der Waals surface area contributed by atoms with Crippen LogP contribution in [0.1, 0.15) is 11.1 Å². The number of rotatable bonds is 7. The van der Waals surface area contributed by atoms with Crippen molar-refractivity contribution in [1.29, 1.82) is 0 Å². The molecule has 34 heavy (non-hydrogen) atoms. The number of aromatic amines is 1. The van der Waals surface area contributed by atoms with E-state index in [1.54, 1.807) is 25.7 Å². The van der Waals surface area contributed by atoms with Crippen molar-refractivity contribution in [3.05, 3.63) is 84.4 Å². The zero-order chi connectivity index (χ0) is 23.3. The van der Waals surface area contributed by atoms with Gasteiger partial charge in [-0.1, -0.05) is 12.1 Å². The van der Waals surface area contributed by atoms with Crippen LogP contribution in [0.4, 0.5) is 5.69 Å². The van der Waals surface area contributed by atoms with Gasteiger partial charge in [-0.25, -0.2) is 0 Å². The first-order valence-corrected chi connectivity index (χ1v) is 10.9. The average Bonchev–Trinajstić information content (AvgIpc) is 3.43. The molecular formula is C26H24N4O4. The van der Waals surface area contributed by atoms with Crippen molar-refractivity contribution in [2.75, 3.05) is 19.0 Å². The summed E-state index contributed by atoms with van der Waals surface area (Å²) in [4.78, 5) is 17.3. The van der Waals surface area contributed by atoms with Gasteiger partial charge in [-0.05, 0) is 53.9 Å². The highest BCUT2D eigenvalue weighted by molar-refractivity contribution is 5.95. The normalized spacial score (nSPS) is 14.6. The molecule has 5 rings (SSSR count). The minimum Gasteiger partial charge on any atom is -0.497 e. The summed E-state index contributed by atoms with van der Waals surface area (Å²) in [5.41, 5.74) is 4.33. The van der Waals surface area contributed by atoms with E-state index in [9.17, 15) is 4.79 Å². The number of amides is 1. The van der Waals surface area contributed by atoms with Gasteiger partial charge >= 0.3 is 0 Å². The Morgan fingerprint density at radius 2 is 2.12 bits per heavy atom. The van der Waals surface area contributed by atoms with Crippen molar-refractivity contribution in [2.45, 2.75) is 13.0 Å². The molecule has 0 radical (unpaired) electrons. The quantitative estimate of drug-likeness (QED) is 0.431. The van der Waals surface area contributed by atoms with Crippen LogP contribution in [0.3, 0.4) is 0 Å². The smallest absolute Gasteiger partial charge is 0.231 e. The first kappa shape index (κ1) is 21.5. The van der Waals surface area contributed by atoms with E-state index in [0.717, 1.165) is 33.8 Å². The molecule has 0 bridgehead atoms. The summed E-state index contributed by atoms with van der Waals surface area (Å²) < 4.78 is 17.2. The van der Waals surface area contributed by atoms with Crippen molar-refractivity contribution in [1.82, 2.24) is 15.2 Å². The van der Waals surface area contributed by atoms with Gasteiger partial charge in [0.05, 0.1) is 24.9 Å². The molecule has 0 unspecified atom stereocenters. The molecule has 8 heteroatoms. The summed E-state index contributed by atoms with van der Waals surface area (Å²) in [6, 6.07) is 15.1. The van der Waals surface area contributed by atoms with Gasteiger partial charge in [-0.15, -0.1) is 0 Å². The molecular weight excluding hydrogens is 432 g/mol. The maximum absolute atomic E-state index is 13.2. The highest BCUT2D eigenvalue weighted by atomic mass is 16.5. The number of nitrogens with one attached hydrogen (secondary N) is 2. The number of pyridine rings is 1. The third-order valence-electron chi connectivity index (χ3n) is 5.73. The molecule has 2 aromatic heterocycles. The van der Waals surface area contributed by atoms with Crippen LogP contribution in [0.25, 0.3) is 11.1 Å². The van der Waals surface area contributed by atoms with Gasteiger partial charge in [-0.3, -0.25) is 14.9 Å². The number of hydrogen-bond acceptors (Lipinski definition) is 6. The molecule has 1 aliphatic heterocycles. The number of benzene rings is 2. The van der Waals surface area contributed by atoms with Crippen LogP contribution in [0.2, 0.25) is 0 Å². The maximum Gasteiger partial charge on any atom is 0.231 e. The number of carbonyl (C=O) groups is 1. The lowest BCUT2D eigenvalue weighted by atomic mass is 9.95. The Labute approximate surface area is 196 Å². The van der Waals surface area contributed by atoms with Gasteiger partial charge in [0.15, 0.2) is 0 Å². The first-order chi connectivity index (χ1) is 16.7. The molecule has 2 N–H and O–H groups in total. The summed E-state index contributed by atoms with van der Waals surface area (Å²) in [5.74, 6) is 1.63. The van der Waals surface area contributed by atoms with E-state index >= 15 is 0 Å². The molecule has 0 saturated heterocycles. The Morgan fingerprint density at radius 3 is 2.91 bits per heavy atom. The fourth-order valence-corrected chi connectivity index (χ4v) is 3.88. The van der Waals surface area contributed by atoms with E-state index in [4.69, 9.17) is 14.2 Å². The summed E-state index contributed by atoms with van der Waals surface area (Å²) in [6.45, 7) is 0.634. The fraction of sp³-hybridized carbons (Fsp3) is 0.192. The second-order valence-electron chi connectivity index (χ2n) is 8.02. The molecule has 0 fully saturated rings. The Hall–Kier alpha value is -4.33. The molecule has 2 aromatic carbocycles. The van der Waals surface area contributed by atoms with E-state index in [-0.39, 0.29) is 11.8 Å². The molecule has 0 aliphatic carbocycles. The van der Waals surface area contributed by atoms with E-state index in [1.807, 2.05) is 54.7 Å². The molecule has 3 heterocycles. The Balaban J connectivity index is 1.36. The third-order valence-corrected chi connectivity index (χ3v) is 5.73. The number of nitrogens with zero attached hydrogens (tertiary/aromatic N) is 2. The number of carbonyl (C=O) groups excluding carboxylic acids is 1. The van der Waals surface area contributed by atoms with Crippen molar-refractivity contribution in [3.8, 4) is 28.4 Å². The Morgan fingerprint density at radius 1 is 1.18 bits per heavy atom. The lowest BCUT2D eigenvalue weighted by Crippen LogP contribution is -2.32. The summed E-state index contributed by atoms with van der Waals surface area (Å²) >= 11 is 0. The lowest BCUT2D eigenvalue weighted by Gasteiger charge is -2.25. The van der Waals surface area contributed by atoms with Gasteiger partial charge in [0, 0.05) is 29.7 Å². The van der Waals surface area contributed by atoms with Crippen molar-refractivity contribution >= 4 is 11.6 Å². The van der Waals surface area contributed by atoms with E-state index in [0.29, 0.717) is 31.1 Å². The fourth-order valence-electron chi connectivity index (χ4n) is 3.88. The van der Waals surface area contributed by atoms with Gasteiger partial charge in [0.1, 0.15) is 30.5 Å². The number of methoxy groups -OCH3 is 1. The molecule has 172 valence electrons.